The van der Waals surface area contributed by atoms with Gasteiger partial charge in [-0.15, -0.1) is 0 Å². The van der Waals surface area contributed by atoms with Crippen LogP contribution >= 0.6 is 23.2 Å². The number of benzene rings is 2. The van der Waals surface area contributed by atoms with Crippen molar-refractivity contribution in [3.8, 4) is 11.5 Å². The molecular weight excluding hydrogens is 391 g/mol. The van der Waals surface area contributed by atoms with E-state index >= 15 is 0 Å². The highest BCUT2D eigenvalue weighted by atomic mass is 35.5. The largest absolute Gasteiger partial charge is 0.494 e. The van der Waals surface area contributed by atoms with Crippen LogP contribution in [-0.4, -0.2) is 24.5 Å². The summed E-state index contributed by atoms with van der Waals surface area (Å²) in [6.07, 6.45) is 0.0178. The summed E-state index contributed by atoms with van der Waals surface area (Å²) in [4.78, 5) is 24.2. The van der Waals surface area contributed by atoms with Gasteiger partial charge in [-0.2, -0.15) is 0 Å². The number of carbonyl (C=O) groups is 2. The first-order valence-electron chi connectivity index (χ1n) is 8.35. The monoisotopic (exact) mass is 410 g/mol. The Labute approximate surface area is 167 Å². The van der Waals surface area contributed by atoms with Crippen molar-refractivity contribution in [2.24, 2.45) is 0 Å². The van der Waals surface area contributed by atoms with Crippen LogP contribution in [0.2, 0.25) is 10.0 Å². The summed E-state index contributed by atoms with van der Waals surface area (Å²) in [6.45, 7) is 4.15. The molecule has 27 heavy (non-hydrogen) atoms. The maximum atomic E-state index is 12.1. The molecule has 0 fully saturated rings. The molecule has 0 unspecified atom stereocenters. The van der Waals surface area contributed by atoms with Crippen molar-refractivity contribution in [2.45, 2.75) is 26.4 Å². The Bertz CT molecular complexity index is 797. The first kappa shape index (κ1) is 20.9. The summed E-state index contributed by atoms with van der Waals surface area (Å²) in [5, 5.41) is 0.749. The third kappa shape index (κ3) is 6.34. The van der Waals surface area contributed by atoms with Crippen LogP contribution in [0, 0.1) is 0 Å². The highest BCUT2D eigenvalue weighted by Gasteiger charge is 2.17. The molecule has 0 heterocycles. The van der Waals surface area contributed by atoms with Crippen LogP contribution in [0.15, 0.2) is 42.5 Å². The van der Waals surface area contributed by atoms with Gasteiger partial charge in [0.05, 0.1) is 11.6 Å². The van der Waals surface area contributed by atoms with Gasteiger partial charge in [0.15, 0.2) is 6.10 Å². The molecule has 0 aliphatic rings. The molecule has 2 amide bonds. The fraction of sp³-hybridized carbons (Fsp3) is 0.263. The number of ether oxygens (including phenoxy) is 2. The van der Waals surface area contributed by atoms with Crippen LogP contribution in [0.5, 0.6) is 11.5 Å². The summed E-state index contributed by atoms with van der Waals surface area (Å²) < 4.78 is 10.9. The second-order valence-electron chi connectivity index (χ2n) is 5.65. The molecule has 8 heteroatoms. The lowest BCUT2D eigenvalue weighted by Gasteiger charge is -2.16. The average Bonchev–Trinajstić information content (AvgIpc) is 2.66. The molecule has 2 rings (SSSR count). The lowest BCUT2D eigenvalue weighted by atomic mass is 10.2. The molecule has 144 valence electrons. The average molecular weight is 411 g/mol. The predicted molar refractivity (Wildman–Crippen MR) is 104 cm³/mol. The van der Waals surface area contributed by atoms with E-state index in [4.69, 9.17) is 32.7 Å². The summed E-state index contributed by atoms with van der Waals surface area (Å²) in [5.74, 6) is 0.0106. The van der Waals surface area contributed by atoms with E-state index in [1.165, 1.54) is 13.0 Å². The highest BCUT2D eigenvalue weighted by molar-refractivity contribution is 6.35. The van der Waals surface area contributed by atoms with Gasteiger partial charge in [-0.25, -0.2) is 0 Å². The van der Waals surface area contributed by atoms with E-state index in [9.17, 15) is 9.59 Å². The third-order valence-electron chi connectivity index (χ3n) is 3.46. The lowest BCUT2D eigenvalue weighted by Crippen LogP contribution is -2.47. The Balaban J connectivity index is 1.85. The molecule has 0 aliphatic carbocycles. The first-order valence-corrected chi connectivity index (χ1v) is 9.11. The Morgan fingerprint density at radius 2 is 1.78 bits per heavy atom. The zero-order valence-electron chi connectivity index (χ0n) is 14.9. The van der Waals surface area contributed by atoms with Gasteiger partial charge in [0, 0.05) is 10.6 Å². The van der Waals surface area contributed by atoms with Crippen molar-refractivity contribution in [3.05, 3.63) is 58.1 Å². The summed E-state index contributed by atoms with van der Waals surface area (Å²) in [6, 6.07) is 11.3. The minimum Gasteiger partial charge on any atom is -0.494 e. The number of carbonyl (C=O) groups excluding carboxylic acids is 2. The normalized spacial score (nSPS) is 11.4. The second-order valence-corrected chi connectivity index (χ2v) is 6.49. The molecule has 6 nitrogen and oxygen atoms in total. The van der Waals surface area contributed by atoms with Crippen LogP contribution in [0.25, 0.3) is 0 Å². The van der Waals surface area contributed by atoms with E-state index in [0.29, 0.717) is 28.7 Å². The minimum absolute atomic E-state index is 0.288. The van der Waals surface area contributed by atoms with Gasteiger partial charge in [-0.1, -0.05) is 30.1 Å². The molecule has 1 atom stereocenters. The van der Waals surface area contributed by atoms with Crippen molar-refractivity contribution in [1.82, 2.24) is 10.9 Å². The summed E-state index contributed by atoms with van der Waals surface area (Å²) in [5.41, 5.74) is 5.04. The number of halogens is 2. The van der Waals surface area contributed by atoms with Crippen LogP contribution in [0.1, 0.15) is 30.6 Å². The molecule has 0 aliphatic heterocycles. The maximum absolute atomic E-state index is 12.1. The molecule has 0 saturated carbocycles. The van der Waals surface area contributed by atoms with E-state index in [-0.39, 0.29) is 5.02 Å². The Kier molecular flexibility index (Phi) is 7.76. The van der Waals surface area contributed by atoms with Gasteiger partial charge in [-0.05, 0) is 55.8 Å². The fourth-order valence-corrected chi connectivity index (χ4v) is 2.48. The van der Waals surface area contributed by atoms with Gasteiger partial charge < -0.3 is 9.47 Å². The molecule has 0 radical (unpaired) electrons. The van der Waals surface area contributed by atoms with Crippen LogP contribution < -0.4 is 20.3 Å². The fourth-order valence-electron chi connectivity index (χ4n) is 2.03. The lowest BCUT2D eigenvalue weighted by molar-refractivity contribution is -0.128. The Morgan fingerprint density at radius 1 is 1.07 bits per heavy atom. The third-order valence-corrected chi connectivity index (χ3v) is 3.99. The van der Waals surface area contributed by atoms with Crippen molar-refractivity contribution >= 4 is 35.0 Å². The molecule has 2 aromatic carbocycles. The van der Waals surface area contributed by atoms with Crippen molar-refractivity contribution in [1.29, 1.82) is 0 Å². The van der Waals surface area contributed by atoms with Crippen molar-refractivity contribution in [3.63, 3.8) is 0 Å². The van der Waals surface area contributed by atoms with Crippen LogP contribution in [0.3, 0.4) is 0 Å². The maximum Gasteiger partial charge on any atom is 0.279 e. The second kappa shape index (κ2) is 10.0. The van der Waals surface area contributed by atoms with E-state index in [1.807, 2.05) is 6.92 Å². The quantitative estimate of drug-likeness (QED) is 0.675. The first-order chi connectivity index (χ1) is 12.9. The highest BCUT2D eigenvalue weighted by Crippen LogP contribution is 2.28. The topological polar surface area (TPSA) is 76.7 Å². The Hall–Kier alpha value is -2.44. The molecule has 0 bridgehead atoms. The van der Waals surface area contributed by atoms with E-state index < -0.39 is 17.9 Å². The standard InChI is InChI=1S/C19H20Cl2N2O4/c1-3-10-26-15-7-4-13(5-8-15)19(25)23-22-18(24)12(2)27-17-9-6-14(20)11-16(17)21/h4-9,11-12H,3,10H2,1-2H3,(H,22,24)(H,23,25)/t12-/m1/s1. The minimum atomic E-state index is -0.881. The van der Waals surface area contributed by atoms with Crippen molar-refractivity contribution < 1.29 is 19.1 Å². The van der Waals surface area contributed by atoms with Crippen molar-refractivity contribution in [2.75, 3.05) is 6.61 Å². The Morgan fingerprint density at radius 3 is 2.41 bits per heavy atom. The zero-order chi connectivity index (χ0) is 19.8. The smallest absolute Gasteiger partial charge is 0.279 e. The van der Waals surface area contributed by atoms with E-state index in [2.05, 4.69) is 10.9 Å². The number of rotatable bonds is 7. The summed E-state index contributed by atoms with van der Waals surface area (Å²) in [7, 11) is 0. The molecule has 0 spiro atoms. The summed E-state index contributed by atoms with van der Waals surface area (Å²) >= 11 is 11.8. The molecule has 0 saturated heterocycles. The predicted octanol–water partition coefficient (Wildman–Crippen LogP) is 4.01. The number of hydrazine groups is 1. The van der Waals surface area contributed by atoms with Gasteiger partial charge in [0.25, 0.3) is 11.8 Å². The van der Waals surface area contributed by atoms with Gasteiger partial charge >= 0.3 is 0 Å². The van der Waals surface area contributed by atoms with Gasteiger partial charge in [0.2, 0.25) is 0 Å². The van der Waals surface area contributed by atoms with Crippen LogP contribution in [0.4, 0.5) is 0 Å². The van der Waals surface area contributed by atoms with Gasteiger partial charge in [0.1, 0.15) is 11.5 Å². The molecule has 2 N–H and O–H groups in total. The van der Waals surface area contributed by atoms with E-state index in [1.54, 1.807) is 36.4 Å². The number of hydrogen-bond donors (Lipinski definition) is 2. The molecular formula is C19H20Cl2N2O4. The number of hydrogen-bond acceptors (Lipinski definition) is 4. The zero-order valence-corrected chi connectivity index (χ0v) is 16.4. The number of amides is 2. The SMILES string of the molecule is CCCOc1ccc(C(=O)NNC(=O)[C@@H](C)Oc2ccc(Cl)cc2Cl)cc1. The van der Waals surface area contributed by atoms with Crippen LogP contribution in [-0.2, 0) is 4.79 Å². The van der Waals surface area contributed by atoms with E-state index in [0.717, 1.165) is 6.42 Å². The number of nitrogens with one attached hydrogen (secondary N) is 2. The molecule has 2 aromatic rings. The molecule has 0 aromatic heterocycles. The van der Waals surface area contributed by atoms with Gasteiger partial charge in [-0.3, -0.25) is 20.4 Å².